The Kier molecular flexibility index (Phi) is 6.12. The first-order valence-corrected chi connectivity index (χ1v) is 8.24. The Hall–Kier alpha value is -0.780. The Morgan fingerprint density at radius 3 is 2.45 bits per heavy atom. The summed E-state index contributed by atoms with van der Waals surface area (Å²) in [6.45, 7) is 5.55. The molecule has 2 aliphatic carbocycles. The van der Waals surface area contributed by atoms with Gasteiger partial charge in [0.2, 0.25) is 0 Å². The number of benzene rings is 1. The van der Waals surface area contributed by atoms with Crippen molar-refractivity contribution in [3.8, 4) is 0 Å². The van der Waals surface area contributed by atoms with Crippen molar-refractivity contribution in [2.24, 2.45) is 10.9 Å². The van der Waals surface area contributed by atoms with Gasteiger partial charge in [0.05, 0.1) is 0 Å². The smallest absolute Gasteiger partial charge is 0.191 e. The molecule has 2 aliphatic rings. The van der Waals surface area contributed by atoms with Gasteiger partial charge in [0.25, 0.3) is 0 Å². The van der Waals surface area contributed by atoms with Gasteiger partial charge in [0.15, 0.2) is 5.96 Å². The Balaban J connectivity index is 0.00000176. The fourth-order valence-electron chi connectivity index (χ4n) is 2.78. The summed E-state index contributed by atoms with van der Waals surface area (Å²) in [7, 11) is 1.86. The molecular formula is C18H28IN3. The summed E-state index contributed by atoms with van der Waals surface area (Å²) >= 11 is 0. The lowest BCUT2D eigenvalue weighted by Crippen LogP contribution is -2.39. The van der Waals surface area contributed by atoms with Crippen LogP contribution in [0, 0.1) is 5.92 Å². The number of hydrogen-bond acceptors (Lipinski definition) is 1. The number of halogens is 1. The lowest BCUT2D eigenvalue weighted by Gasteiger charge is -2.11. The van der Waals surface area contributed by atoms with Crippen LogP contribution in [0.15, 0.2) is 29.3 Å². The molecule has 0 aliphatic heterocycles. The summed E-state index contributed by atoms with van der Waals surface area (Å²) in [6, 6.07) is 9.68. The fraction of sp³-hybridized carbons (Fsp3) is 0.611. The molecule has 122 valence electrons. The van der Waals surface area contributed by atoms with Gasteiger partial charge in [-0.25, -0.2) is 0 Å². The molecule has 0 aromatic heterocycles. The molecule has 2 N–H and O–H groups in total. The zero-order chi connectivity index (χ0) is 14.8. The van der Waals surface area contributed by atoms with E-state index in [4.69, 9.17) is 0 Å². The van der Waals surface area contributed by atoms with Crippen molar-refractivity contribution < 1.29 is 0 Å². The fourth-order valence-corrected chi connectivity index (χ4v) is 2.78. The minimum Gasteiger partial charge on any atom is -0.356 e. The highest BCUT2D eigenvalue weighted by Crippen LogP contribution is 2.41. The SMILES string of the molecule is CN=C(NCC1CC1)NC1CC1c1ccc(C(C)C)cc1.I. The monoisotopic (exact) mass is 413 g/mol. The molecule has 0 radical (unpaired) electrons. The topological polar surface area (TPSA) is 36.4 Å². The van der Waals surface area contributed by atoms with Crippen molar-refractivity contribution in [1.29, 1.82) is 0 Å². The van der Waals surface area contributed by atoms with Crippen LogP contribution in [0.1, 0.15) is 56.1 Å². The minimum absolute atomic E-state index is 0. The standard InChI is InChI=1S/C18H27N3.HI/c1-12(2)14-6-8-15(9-7-14)16-10-17(16)21-18(19-3)20-11-13-4-5-13;/h6-9,12-13,16-17H,4-5,10-11H2,1-3H3,(H2,19,20,21);1H. The van der Waals surface area contributed by atoms with Gasteiger partial charge in [-0.05, 0) is 42.2 Å². The molecule has 2 unspecified atom stereocenters. The van der Waals surface area contributed by atoms with Gasteiger partial charge in [-0.1, -0.05) is 38.1 Å². The Bertz CT molecular complexity index is 506. The van der Waals surface area contributed by atoms with Gasteiger partial charge >= 0.3 is 0 Å². The van der Waals surface area contributed by atoms with E-state index in [1.54, 1.807) is 0 Å². The van der Waals surface area contributed by atoms with Gasteiger partial charge in [0.1, 0.15) is 0 Å². The highest BCUT2D eigenvalue weighted by molar-refractivity contribution is 14.0. The minimum atomic E-state index is 0. The summed E-state index contributed by atoms with van der Waals surface area (Å²) in [5, 5.41) is 6.99. The van der Waals surface area contributed by atoms with E-state index in [0.29, 0.717) is 17.9 Å². The van der Waals surface area contributed by atoms with Crippen LogP contribution in [0.25, 0.3) is 0 Å². The lowest BCUT2D eigenvalue weighted by atomic mass is 10.0. The zero-order valence-corrected chi connectivity index (χ0v) is 16.1. The molecule has 1 aromatic rings. The van der Waals surface area contributed by atoms with Gasteiger partial charge in [0, 0.05) is 25.6 Å². The average molecular weight is 413 g/mol. The number of aliphatic imine (C=N–C) groups is 1. The van der Waals surface area contributed by atoms with Crippen LogP contribution in [0.5, 0.6) is 0 Å². The van der Waals surface area contributed by atoms with Gasteiger partial charge in [-0.2, -0.15) is 0 Å². The van der Waals surface area contributed by atoms with Crippen molar-refractivity contribution in [3.05, 3.63) is 35.4 Å². The molecule has 0 saturated heterocycles. The van der Waals surface area contributed by atoms with Crippen molar-refractivity contribution in [2.45, 2.75) is 51.0 Å². The van der Waals surface area contributed by atoms with E-state index in [0.717, 1.165) is 18.4 Å². The summed E-state index contributed by atoms with van der Waals surface area (Å²) in [6.07, 6.45) is 3.96. The van der Waals surface area contributed by atoms with E-state index >= 15 is 0 Å². The number of hydrogen-bond donors (Lipinski definition) is 2. The quantitative estimate of drug-likeness (QED) is 0.437. The predicted octanol–water partition coefficient (Wildman–Crippen LogP) is 3.86. The third-order valence-electron chi connectivity index (χ3n) is 4.62. The first-order valence-electron chi connectivity index (χ1n) is 8.24. The van der Waals surface area contributed by atoms with Crippen LogP contribution < -0.4 is 10.6 Å². The number of nitrogens with zero attached hydrogens (tertiary/aromatic N) is 1. The molecule has 0 bridgehead atoms. The Morgan fingerprint density at radius 1 is 1.23 bits per heavy atom. The molecule has 4 heteroatoms. The molecule has 2 atom stereocenters. The van der Waals surface area contributed by atoms with E-state index < -0.39 is 0 Å². The highest BCUT2D eigenvalue weighted by atomic mass is 127. The van der Waals surface area contributed by atoms with Crippen molar-refractivity contribution >= 4 is 29.9 Å². The normalized spacial score (nSPS) is 23.9. The first-order chi connectivity index (χ1) is 10.2. The van der Waals surface area contributed by atoms with E-state index in [1.165, 1.54) is 30.4 Å². The third kappa shape index (κ3) is 4.61. The van der Waals surface area contributed by atoms with Crippen LogP contribution in [0.4, 0.5) is 0 Å². The van der Waals surface area contributed by atoms with E-state index in [2.05, 4.69) is 53.7 Å². The predicted molar refractivity (Wildman–Crippen MR) is 104 cm³/mol. The summed E-state index contributed by atoms with van der Waals surface area (Å²) < 4.78 is 0. The molecule has 0 amide bonds. The van der Waals surface area contributed by atoms with Crippen molar-refractivity contribution in [2.75, 3.05) is 13.6 Å². The summed E-state index contributed by atoms with van der Waals surface area (Å²) in [4.78, 5) is 4.33. The maximum Gasteiger partial charge on any atom is 0.191 e. The van der Waals surface area contributed by atoms with Crippen LogP contribution >= 0.6 is 24.0 Å². The molecule has 2 saturated carbocycles. The number of guanidine groups is 1. The third-order valence-corrected chi connectivity index (χ3v) is 4.62. The highest BCUT2D eigenvalue weighted by Gasteiger charge is 2.39. The van der Waals surface area contributed by atoms with E-state index in [1.807, 2.05) is 7.05 Å². The average Bonchev–Trinajstić information content (AvgIpc) is 3.38. The van der Waals surface area contributed by atoms with Gasteiger partial charge in [-0.3, -0.25) is 4.99 Å². The summed E-state index contributed by atoms with van der Waals surface area (Å²) in [5.41, 5.74) is 2.88. The second kappa shape index (κ2) is 7.66. The molecule has 3 rings (SSSR count). The van der Waals surface area contributed by atoms with Crippen molar-refractivity contribution in [3.63, 3.8) is 0 Å². The molecule has 3 nitrogen and oxygen atoms in total. The largest absolute Gasteiger partial charge is 0.356 e. The van der Waals surface area contributed by atoms with Crippen molar-refractivity contribution in [1.82, 2.24) is 10.6 Å². The molecule has 22 heavy (non-hydrogen) atoms. The number of rotatable bonds is 5. The molecule has 0 heterocycles. The molecule has 2 fully saturated rings. The maximum absolute atomic E-state index is 4.33. The summed E-state index contributed by atoms with van der Waals surface area (Å²) in [5.74, 6) is 3.10. The Morgan fingerprint density at radius 2 is 1.91 bits per heavy atom. The lowest BCUT2D eigenvalue weighted by molar-refractivity contribution is 0.731. The second-order valence-corrected chi connectivity index (χ2v) is 6.81. The van der Waals surface area contributed by atoms with Gasteiger partial charge < -0.3 is 10.6 Å². The Labute approximate surface area is 151 Å². The van der Waals surface area contributed by atoms with Crippen LogP contribution in [-0.4, -0.2) is 25.6 Å². The van der Waals surface area contributed by atoms with Crippen LogP contribution in [0.3, 0.4) is 0 Å². The molecule has 0 spiro atoms. The van der Waals surface area contributed by atoms with E-state index in [-0.39, 0.29) is 24.0 Å². The zero-order valence-electron chi connectivity index (χ0n) is 13.8. The molecular weight excluding hydrogens is 385 g/mol. The number of nitrogens with one attached hydrogen (secondary N) is 2. The maximum atomic E-state index is 4.33. The molecule has 1 aromatic carbocycles. The van der Waals surface area contributed by atoms with Crippen LogP contribution in [0.2, 0.25) is 0 Å². The van der Waals surface area contributed by atoms with E-state index in [9.17, 15) is 0 Å². The second-order valence-electron chi connectivity index (χ2n) is 6.81. The van der Waals surface area contributed by atoms with Crippen LogP contribution in [-0.2, 0) is 0 Å². The first kappa shape index (κ1) is 17.6. The van der Waals surface area contributed by atoms with Gasteiger partial charge in [-0.15, -0.1) is 24.0 Å².